The largest absolute Gasteiger partial charge is 0.478 e. The first-order valence-corrected chi connectivity index (χ1v) is 4.37. The van der Waals surface area contributed by atoms with Crippen molar-refractivity contribution in [1.82, 2.24) is 0 Å². The van der Waals surface area contributed by atoms with Crippen LogP contribution >= 0.6 is 0 Å². The van der Waals surface area contributed by atoms with Crippen molar-refractivity contribution in [2.75, 3.05) is 0 Å². The molecule has 0 fully saturated rings. The van der Waals surface area contributed by atoms with Gasteiger partial charge in [0, 0.05) is 29.6 Å². The van der Waals surface area contributed by atoms with Gasteiger partial charge >= 0.3 is 23.9 Å². The van der Waals surface area contributed by atoms with Crippen LogP contribution < -0.4 is 0 Å². The first kappa shape index (κ1) is 17.1. The van der Waals surface area contributed by atoms with Gasteiger partial charge in [0.2, 0.25) is 0 Å². The maximum Gasteiger partial charge on any atom is 0.336 e. The average Bonchev–Trinajstić information content (AvgIpc) is 2.26. The fourth-order valence-corrected chi connectivity index (χ4v) is 1.31. The Bertz CT molecular complexity index is 479. The van der Waals surface area contributed by atoms with Crippen LogP contribution in [0.1, 0.15) is 41.4 Å². The normalized spacial score (nSPS) is 9.26. The summed E-state index contributed by atoms with van der Waals surface area (Å²) in [6.07, 6.45) is 0. The summed E-state index contributed by atoms with van der Waals surface area (Å²) in [5.41, 5.74) is -3.15. The van der Waals surface area contributed by atoms with Gasteiger partial charge in [0.1, 0.15) is 0 Å². The molecule has 0 unspecified atom stereocenters. The van der Waals surface area contributed by atoms with Crippen LogP contribution in [0, 0.1) is 0 Å². The molecule has 9 heteroatoms. The zero-order valence-electron chi connectivity index (χ0n) is 9.58. The van der Waals surface area contributed by atoms with Crippen molar-refractivity contribution in [1.29, 1.82) is 0 Å². The van der Waals surface area contributed by atoms with Crippen molar-refractivity contribution in [3.63, 3.8) is 0 Å². The van der Waals surface area contributed by atoms with E-state index >= 15 is 0 Å². The van der Waals surface area contributed by atoms with E-state index in [9.17, 15) is 19.2 Å². The summed E-state index contributed by atoms with van der Waals surface area (Å²) in [5, 5.41) is 35.0. The van der Waals surface area contributed by atoms with E-state index in [4.69, 9.17) is 20.4 Å². The zero-order chi connectivity index (χ0) is 14.0. The summed E-state index contributed by atoms with van der Waals surface area (Å²) in [4.78, 5) is 43.1. The molecule has 19 heavy (non-hydrogen) atoms. The van der Waals surface area contributed by atoms with E-state index in [1.165, 1.54) is 0 Å². The third-order valence-electron chi connectivity index (χ3n) is 2.08. The minimum Gasteiger partial charge on any atom is -0.478 e. The number of carboxylic acids is 4. The van der Waals surface area contributed by atoms with Crippen LogP contribution in [-0.2, 0) is 0 Å². The number of rotatable bonds is 4. The molecule has 0 heterocycles. The van der Waals surface area contributed by atoms with E-state index in [0.717, 1.165) is 0 Å². The van der Waals surface area contributed by atoms with E-state index in [1.807, 2.05) is 0 Å². The standard InChI is InChI=1S/C10H6O8.Na/c11-7(12)3-1-4(8(13)14)6(10(17)18)2-5(3)9(15)16;/h1-2H,(H,11,12)(H,13,14)(H,15,16)(H,17,18);. The van der Waals surface area contributed by atoms with Crippen LogP contribution in [0.25, 0.3) is 0 Å². The summed E-state index contributed by atoms with van der Waals surface area (Å²) in [7, 11) is 0. The van der Waals surface area contributed by atoms with Gasteiger partial charge in [0.05, 0.1) is 22.3 Å². The molecule has 0 amide bonds. The van der Waals surface area contributed by atoms with Crippen LogP contribution in [0.15, 0.2) is 12.1 Å². The molecule has 0 aromatic heterocycles. The Morgan fingerprint density at radius 3 is 0.842 bits per heavy atom. The van der Waals surface area contributed by atoms with E-state index in [1.54, 1.807) is 0 Å². The van der Waals surface area contributed by atoms with Crippen LogP contribution in [0.2, 0.25) is 0 Å². The second-order valence-corrected chi connectivity index (χ2v) is 3.16. The van der Waals surface area contributed by atoms with Gasteiger partial charge in [-0.1, -0.05) is 0 Å². The number of carbonyl (C=O) groups is 4. The predicted octanol–water partition coefficient (Wildman–Crippen LogP) is 0.0986. The van der Waals surface area contributed by atoms with Crippen molar-refractivity contribution in [3.05, 3.63) is 34.4 Å². The summed E-state index contributed by atoms with van der Waals surface area (Å²) in [6, 6.07) is 1.02. The van der Waals surface area contributed by atoms with Crippen molar-refractivity contribution < 1.29 is 39.6 Å². The Hall–Kier alpha value is -1.90. The maximum absolute atomic E-state index is 10.8. The molecule has 0 saturated carbocycles. The quantitative estimate of drug-likeness (QED) is 0.566. The predicted molar refractivity (Wildman–Crippen MR) is 60.0 cm³/mol. The SMILES string of the molecule is O=C(O)c1cc(C(=O)O)c(C(=O)O)cc1C(=O)O.[Na]. The molecule has 1 aromatic rings. The van der Waals surface area contributed by atoms with Crippen LogP contribution in [0.3, 0.4) is 0 Å². The minimum absolute atomic E-state index is 0. The molecule has 1 radical (unpaired) electrons. The van der Waals surface area contributed by atoms with Gasteiger partial charge < -0.3 is 20.4 Å². The van der Waals surface area contributed by atoms with Gasteiger partial charge in [-0.15, -0.1) is 0 Å². The van der Waals surface area contributed by atoms with Crippen molar-refractivity contribution >= 4 is 53.4 Å². The van der Waals surface area contributed by atoms with Gasteiger partial charge in [-0.25, -0.2) is 19.2 Å². The molecule has 0 spiro atoms. The Kier molecular flexibility index (Phi) is 5.69. The molecule has 0 aliphatic rings. The molecular weight excluding hydrogens is 271 g/mol. The van der Waals surface area contributed by atoms with Gasteiger partial charge in [-0.3, -0.25) is 0 Å². The van der Waals surface area contributed by atoms with Crippen LogP contribution in [-0.4, -0.2) is 73.9 Å². The third-order valence-corrected chi connectivity index (χ3v) is 2.08. The summed E-state index contributed by atoms with van der Waals surface area (Å²) < 4.78 is 0. The van der Waals surface area contributed by atoms with Gasteiger partial charge in [0.15, 0.2) is 0 Å². The topological polar surface area (TPSA) is 149 Å². The zero-order valence-corrected chi connectivity index (χ0v) is 11.6. The Morgan fingerprint density at radius 2 is 0.737 bits per heavy atom. The van der Waals surface area contributed by atoms with Crippen molar-refractivity contribution in [3.8, 4) is 0 Å². The van der Waals surface area contributed by atoms with E-state index in [0.29, 0.717) is 12.1 Å². The molecule has 4 N–H and O–H groups in total. The van der Waals surface area contributed by atoms with Gasteiger partial charge in [-0.05, 0) is 12.1 Å². The summed E-state index contributed by atoms with van der Waals surface area (Å²) >= 11 is 0. The molecule has 0 aliphatic carbocycles. The van der Waals surface area contributed by atoms with Gasteiger partial charge in [0.25, 0.3) is 0 Å². The number of aromatic carboxylic acids is 4. The molecule has 0 aliphatic heterocycles. The molecule has 95 valence electrons. The molecule has 1 aromatic carbocycles. The van der Waals surface area contributed by atoms with Gasteiger partial charge in [-0.2, -0.15) is 0 Å². The second-order valence-electron chi connectivity index (χ2n) is 3.16. The summed E-state index contributed by atoms with van der Waals surface area (Å²) in [6.45, 7) is 0. The fourth-order valence-electron chi connectivity index (χ4n) is 1.31. The third kappa shape index (κ3) is 3.53. The van der Waals surface area contributed by atoms with E-state index in [2.05, 4.69) is 0 Å². The fraction of sp³-hybridized carbons (Fsp3) is 0. The Labute approximate surface area is 127 Å². The number of carboxylic acid groups (broad SMARTS) is 4. The Morgan fingerprint density at radius 1 is 0.579 bits per heavy atom. The van der Waals surface area contributed by atoms with E-state index < -0.39 is 46.1 Å². The number of hydrogen-bond acceptors (Lipinski definition) is 4. The molecule has 8 nitrogen and oxygen atoms in total. The number of benzene rings is 1. The number of hydrogen-bond donors (Lipinski definition) is 4. The van der Waals surface area contributed by atoms with Crippen LogP contribution in [0.5, 0.6) is 0 Å². The molecule has 1 rings (SSSR count). The molecular formula is C10H6NaO8. The smallest absolute Gasteiger partial charge is 0.336 e. The Balaban J connectivity index is 0.00000324. The van der Waals surface area contributed by atoms with E-state index in [-0.39, 0.29) is 29.6 Å². The first-order chi connectivity index (χ1) is 8.25. The second kappa shape index (κ2) is 6.32. The molecule has 0 bridgehead atoms. The first-order valence-electron chi connectivity index (χ1n) is 4.37. The molecule has 0 saturated heterocycles. The average molecular weight is 277 g/mol. The molecule has 0 atom stereocenters. The van der Waals surface area contributed by atoms with Crippen molar-refractivity contribution in [2.45, 2.75) is 0 Å². The summed E-state index contributed by atoms with van der Waals surface area (Å²) in [5.74, 6) is -6.64. The van der Waals surface area contributed by atoms with Crippen LogP contribution in [0.4, 0.5) is 0 Å². The minimum atomic E-state index is -1.66. The monoisotopic (exact) mass is 277 g/mol. The maximum atomic E-state index is 10.8. The van der Waals surface area contributed by atoms with Crippen molar-refractivity contribution in [2.24, 2.45) is 0 Å².